The number of carbonyl (C=O) groups excluding carboxylic acids is 1. The van der Waals surface area contributed by atoms with E-state index in [0.29, 0.717) is 25.0 Å². The SMILES string of the molecule is CN=C(NCCNC(=O)C1CCCCC1)NCC(CC(C)C)N1CCOCC1. The molecule has 1 aliphatic carbocycles. The first-order valence-corrected chi connectivity index (χ1v) is 11.1. The molecule has 1 heterocycles. The van der Waals surface area contributed by atoms with Crippen molar-refractivity contribution in [3.05, 3.63) is 0 Å². The van der Waals surface area contributed by atoms with Crippen LogP contribution in [0.4, 0.5) is 0 Å². The lowest BCUT2D eigenvalue weighted by molar-refractivity contribution is -0.125. The predicted octanol–water partition coefficient (Wildman–Crippen LogP) is 1.59. The summed E-state index contributed by atoms with van der Waals surface area (Å²) in [5.41, 5.74) is 0. The smallest absolute Gasteiger partial charge is 0.223 e. The van der Waals surface area contributed by atoms with Crippen LogP contribution in [0.25, 0.3) is 0 Å². The molecule has 2 rings (SSSR count). The Balaban J connectivity index is 1.67. The fourth-order valence-electron chi connectivity index (χ4n) is 4.16. The molecule has 0 radical (unpaired) electrons. The van der Waals surface area contributed by atoms with Crippen LogP contribution in [0.2, 0.25) is 0 Å². The molecule has 0 spiro atoms. The lowest BCUT2D eigenvalue weighted by atomic mass is 9.89. The van der Waals surface area contributed by atoms with E-state index in [2.05, 4.69) is 39.7 Å². The molecule has 7 nitrogen and oxygen atoms in total. The topological polar surface area (TPSA) is 78.0 Å². The normalized spacial score (nSPS) is 20.8. The van der Waals surface area contributed by atoms with Crippen LogP contribution in [0.3, 0.4) is 0 Å². The Kier molecular flexibility index (Phi) is 10.6. The number of nitrogens with one attached hydrogen (secondary N) is 3. The summed E-state index contributed by atoms with van der Waals surface area (Å²) in [6, 6.07) is 0.480. The number of ether oxygens (including phenoxy) is 1. The molecule has 1 aliphatic heterocycles. The molecule has 1 saturated heterocycles. The second-order valence-electron chi connectivity index (χ2n) is 8.44. The van der Waals surface area contributed by atoms with Gasteiger partial charge in [-0.2, -0.15) is 0 Å². The van der Waals surface area contributed by atoms with E-state index in [-0.39, 0.29) is 11.8 Å². The Bertz CT molecular complexity index is 471. The van der Waals surface area contributed by atoms with Crippen molar-refractivity contribution in [3.8, 4) is 0 Å². The Hall–Kier alpha value is -1.34. The molecule has 162 valence electrons. The van der Waals surface area contributed by atoms with Crippen LogP contribution >= 0.6 is 0 Å². The first-order chi connectivity index (χ1) is 13.6. The van der Waals surface area contributed by atoms with E-state index in [9.17, 15) is 4.79 Å². The van der Waals surface area contributed by atoms with Gasteiger partial charge in [-0.1, -0.05) is 33.1 Å². The highest BCUT2D eigenvalue weighted by atomic mass is 16.5. The lowest BCUT2D eigenvalue weighted by Gasteiger charge is -2.35. The monoisotopic (exact) mass is 395 g/mol. The minimum Gasteiger partial charge on any atom is -0.379 e. The molecule has 28 heavy (non-hydrogen) atoms. The van der Waals surface area contributed by atoms with Crippen LogP contribution in [0.1, 0.15) is 52.4 Å². The van der Waals surface area contributed by atoms with Crippen molar-refractivity contribution in [1.82, 2.24) is 20.9 Å². The molecule has 1 unspecified atom stereocenters. The van der Waals surface area contributed by atoms with Gasteiger partial charge in [-0.05, 0) is 25.2 Å². The maximum atomic E-state index is 12.2. The maximum absolute atomic E-state index is 12.2. The zero-order valence-electron chi connectivity index (χ0n) is 18.1. The summed E-state index contributed by atoms with van der Waals surface area (Å²) in [5.74, 6) is 1.89. The quantitative estimate of drug-likeness (QED) is 0.314. The average molecular weight is 396 g/mol. The number of guanidine groups is 1. The molecule has 1 atom stereocenters. The minimum atomic E-state index is 0.216. The molecule has 0 bridgehead atoms. The van der Waals surface area contributed by atoms with Gasteiger partial charge in [-0.15, -0.1) is 0 Å². The van der Waals surface area contributed by atoms with Crippen LogP contribution in [0.15, 0.2) is 4.99 Å². The Morgan fingerprint density at radius 3 is 2.39 bits per heavy atom. The second-order valence-corrected chi connectivity index (χ2v) is 8.44. The largest absolute Gasteiger partial charge is 0.379 e. The summed E-state index contributed by atoms with van der Waals surface area (Å²) in [7, 11) is 1.79. The van der Waals surface area contributed by atoms with Gasteiger partial charge < -0.3 is 20.7 Å². The van der Waals surface area contributed by atoms with Gasteiger partial charge in [0.2, 0.25) is 5.91 Å². The van der Waals surface area contributed by atoms with E-state index in [1.807, 2.05) is 0 Å². The average Bonchev–Trinajstić information content (AvgIpc) is 2.73. The highest BCUT2D eigenvalue weighted by Gasteiger charge is 2.22. The standard InChI is InChI=1S/C21H41N5O2/c1-17(2)15-19(26-11-13-28-14-12-26)16-25-21(22-3)24-10-9-23-20(27)18-7-5-4-6-8-18/h17-19H,4-16H2,1-3H3,(H,23,27)(H2,22,24,25). The van der Waals surface area contributed by atoms with Crippen LogP contribution in [0.5, 0.6) is 0 Å². The van der Waals surface area contributed by atoms with Crippen molar-refractivity contribution in [2.24, 2.45) is 16.8 Å². The fourth-order valence-corrected chi connectivity index (χ4v) is 4.16. The molecule has 2 aliphatic rings. The van der Waals surface area contributed by atoms with Gasteiger partial charge in [0, 0.05) is 51.7 Å². The van der Waals surface area contributed by atoms with Crippen LogP contribution in [-0.4, -0.2) is 75.8 Å². The van der Waals surface area contributed by atoms with Crippen molar-refractivity contribution in [2.45, 2.75) is 58.4 Å². The maximum Gasteiger partial charge on any atom is 0.223 e. The zero-order chi connectivity index (χ0) is 20.2. The van der Waals surface area contributed by atoms with E-state index in [4.69, 9.17) is 4.74 Å². The summed E-state index contributed by atoms with van der Waals surface area (Å²) >= 11 is 0. The zero-order valence-corrected chi connectivity index (χ0v) is 18.1. The Morgan fingerprint density at radius 2 is 1.75 bits per heavy atom. The van der Waals surface area contributed by atoms with Crippen LogP contribution < -0.4 is 16.0 Å². The summed E-state index contributed by atoms with van der Waals surface area (Å²) in [4.78, 5) is 19.1. The number of rotatable bonds is 9. The fraction of sp³-hybridized carbons (Fsp3) is 0.905. The summed E-state index contributed by atoms with van der Waals surface area (Å²) < 4.78 is 5.50. The van der Waals surface area contributed by atoms with Crippen LogP contribution in [0, 0.1) is 11.8 Å². The third-order valence-electron chi connectivity index (χ3n) is 5.73. The number of aliphatic imine (C=N–C) groups is 1. The summed E-state index contributed by atoms with van der Waals surface area (Å²) in [6.07, 6.45) is 6.89. The van der Waals surface area contributed by atoms with Gasteiger partial charge in [0.15, 0.2) is 5.96 Å². The van der Waals surface area contributed by atoms with E-state index < -0.39 is 0 Å². The number of hydrogen-bond donors (Lipinski definition) is 3. The van der Waals surface area contributed by atoms with E-state index in [1.165, 1.54) is 19.3 Å². The lowest BCUT2D eigenvalue weighted by Crippen LogP contribution is -2.51. The van der Waals surface area contributed by atoms with Crippen LogP contribution in [-0.2, 0) is 9.53 Å². The number of amides is 1. The minimum absolute atomic E-state index is 0.216. The molecule has 7 heteroatoms. The second kappa shape index (κ2) is 13.0. The van der Waals surface area contributed by atoms with E-state index in [0.717, 1.165) is 58.1 Å². The van der Waals surface area contributed by atoms with Gasteiger partial charge in [-0.3, -0.25) is 14.7 Å². The van der Waals surface area contributed by atoms with Crippen molar-refractivity contribution < 1.29 is 9.53 Å². The first kappa shape index (κ1) is 22.9. The van der Waals surface area contributed by atoms with Crippen molar-refractivity contribution >= 4 is 11.9 Å². The number of carbonyl (C=O) groups is 1. The first-order valence-electron chi connectivity index (χ1n) is 11.1. The highest BCUT2D eigenvalue weighted by Crippen LogP contribution is 2.23. The Morgan fingerprint density at radius 1 is 1.07 bits per heavy atom. The molecule has 2 fully saturated rings. The van der Waals surface area contributed by atoms with Gasteiger partial charge in [0.25, 0.3) is 0 Å². The van der Waals surface area contributed by atoms with Crippen molar-refractivity contribution in [3.63, 3.8) is 0 Å². The molecule has 1 saturated carbocycles. The molecular formula is C21H41N5O2. The number of hydrogen-bond acceptors (Lipinski definition) is 4. The molecule has 0 aromatic heterocycles. The molecule has 0 aromatic carbocycles. The molecule has 3 N–H and O–H groups in total. The van der Waals surface area contributed by atoms with E-state index in [1.54, 1.807) is 7.05 Å². The van der Waals surface area contributed by atoms with Crippen molar-refractivity contribution in [2.75, 3.05) is 53.0 Å². The van der Waals surface area contributed by atoms with Crippen molar-refractivity contribution in [1.29, 1.82) is 0 Å². The van der Waals surface area contributed by atoms with Gasteiger partial charge in [0.1, 0.15) is 0 Å². The van der Waals surface area contributed by atoms with Gasteiger partial charge in [0.05, 0.1) is 13.2 Å². The summed E-state index contributed by atoms with van der Waals surface area (Å²) in [5, 5.41) is 9.86. The highest BCUT2D eigenvalue weighted by molar-refractivity contribution is 5.80. The molecule has 1 amide bonds. The summed E-state index contributed by atoms with van der Waals surface area (Å²) in [6.45, 7) is 10.4. The van der Waals surface area contributed by atoms with Gasteiger partial charge in [-0.25, -0.2) is 0 Å². The number of nitrogens with zero attached hydrogens (tertiary/aromatic N) is 2. The predicted molar refractivity (Wildman–Crippen MR) is 115 cm³/mol. The number of morpholine rings is 1. The Labute approximate surface area is 171 Å². The third-order valence-corrected chi connectivity index (χ3v) is 5.73. The van der Waals surface area contributed by atoms with Gasteiger partial charge >= 0.3 is 0 Å². The third kappa shape index (κ3) is 8.35. The van der Waals surface area contributed by atoms with E-state index >= 15 is 0 Å². The molecular weight excluding hydrogens is 354 g/mol. The molecule has 0 aromatic rings.